The predicted molar refractivity (Wildman–Crippen MR) is 67.6 cm³/mol. The molecule has 1 fully saturated rings. The zero-order valence-electron chi connectivity index (χ0n) is 10.3. The molecule has 1 saturated carbocycles. The zero-order chi connectivity index (χ0) is 11.2. The van der Waals surface area contributed by atoms with E-state index in [9.17, 15) is 0 Å². The summed E-state index contributed by atoms with van der Waals surface area (Å²) in [6.07, 6.45) is 12.3. The SMILES string of the molecule is CCCn1cc(NCC2CCCCC2)cn1. The van der Waals surface area contributed by atoms with Gasteiger partial charge >= 0.3 is 0 Å². The van der Waals surface area contributed by atoms with E-state index in [2.05, 4.69) is 23.5 Å². The molecule has 1 N–H and O–H groups in total. The highest BCUT2D eigenvalue weighted by Crippen LogP contribution is 2.23. The highest BCUT2D eigenvalue weighted by atomic mass is 15.3. The molecule has 0 unspecified atom stereocenters. The molecule has 0 spiro atoms. The summed E-state index contributed by atoms with van der Waals surface area (Å²) in [6.45, 7) is 4.32. The Morgan fingerprint density at radius 1 is 1.38 bits per heavy atom. The van der Waals surface area contributed by atoms with Crippen LogP contribution in [0.3, 0.4) is 0 Å². The number of anilines is 1. The Morgan fingerprint density at radius 2 is 2.19 bits per heavy atom. The number of hydrogen-bond donors (Lipinski definition) is 1. The molecule has 1 aliphatic carbocycles. The van der Waals surface area contributed by atoms with Gasteiger partial charge < -0.3 is 5.32 Å². The predicted octanol–water partition coefficient (Wildman–Crippen LogP) is 3.29. The third kappa shape index (κ3) is 3.26. The molecule has 1 aromatic heterocycles. The highest BCUT2D eigenvalue weighted by Gasteiger charge is 2.12. The van der Waals surface area contributed by atoms with E-state index in [1.54, 1.807) is 0 Å². The smallest absolute Gasteiger partial charge is 0.0726 e. The van der Waals surface area contributed by atoms with E-state index in [1.165, 1.54) is 37.8 Å². The van der Waals surface area contributed by atoms with Crippen LogP contribution in [0.5, 0.6) is 0 Å². The Hall–Kier alpha value is -0.990. The quantitative estimate of drug-likeness (QED) is 0.827. The average molecular weight is 221 g/mol. The Labute approximate surface area is 98.2 Å². The molecule has 1 aliphatic rings. The monoisotopic (exact) mass is 221 g/mol. The third-order valence-corrected chi connectivity index (χ3v) is 3.41. The van der Waals surface area contributed by atoms with Gasteiger partial charge in [0.15, 0.2) is 0 Å². The van der Waals surface area contributed by atoms with Gasteiger partial charge in [0.1, 0.15) is 0 Å². The summed E-state index contributed by atoms with van der Waals surface area (Å²) in [7, 11) is 0. The Morgan fingerprint density at radius 3 is 2.94 bits per heavy atom. The molecule has 0 aliphatic heterocycles. The molecular formula is C13H23N3. The first-order valence-corrected chi connectivity index (χ1v) is 6.65. The van der Waals surface area contributed by atoms with Crippen LogP contribution in [0.4, 0.5) is 5.69 Å². The molecule has 2 rings (SSSR count). The van der Waals surface area contributed by atoms with Crippen LogP contribution in [-0.4, -0.2) is 16.3 Å². The van der Waals surface area contributed by atoms with Gasteiger partial charge in [0, 0.05) is 19.3 Å². The number of nitrogens with zero attached hydrogens (tertiary/aromatic N) is 2. The van der Waals surface area contributed by atoms with E-state index in [0.717, 1.165) is 25.4 Å². The van der Waals surface area contributed by atoms with Gasteiger partial charge in [-0.25, -0.2) is 0 Å². The van der Waals surface area contributed by atoms with Crippen LogP contribution in [0.25, 0.3) is 0 Å². The molecule has 16 heavy (non-hydrogen) atoms. The van der Waals surface area contributed by atoms with Crippen LogP contribution >= 0.6 is 0 Å². The molecule has 90 valence electrons. The largest absolute Gasteiger partial charge is 0.382 e. The minimum Gasteiger partial charge on any atom is -0.382 e. The summed E-state index contributed by atoms with van der Waals surface area (Å²) in [4.78, 5) is 0. The molecule has 0 amide bonds. The summed E-state index contributed by atoms with van der Waals surface area (Å²) in [6, 6.07) is 0. The minimum absolute atomic E-state index is 0.878. The molecule has 0 radical (unpaired) electrons. The van der Waals surface area contributed by atoms with E-state index >= 15 is 0 Å². The maximum Gasteiger partial charge on any atom is 0.0726 e. The molecular weight excluding hydrogens is 198 g/mol. The Kier molecular flexibility index (Phi) is 4.25. The molecule has 1 aromatic rings. The molecule has 0 atom stereocenters. The first kappa shape index (κ1) is 11.5. The maximum atomic E-state index is 4.32. The molecule has 1 heterocycles. The normalized spacial score (nSPS) is 17.6. The number of aryl methyl sites for hydroxylation is 1. The molecule has 0 bridgehead atoms. The Bertz CT molecular complexity index is 300. The van der Waals surface area contributed by atoms with Crippen LogP contribution in [0.1, 0.15) is 45.4 Å². The number of hydrogen-bond acceptors (Lipinski definition) is 2. The lowest BCUT2D eigenvalue weighted by molar-refractivity contribution is 0.373. The van der Waals surface area contributed by atoms with Crippen molar-refractivity contribution in [1.82, 2.24) is 9.78 Å². The summed E-state index contributed by atoms with van der Waals surface area (Å²) in [5.41, 5.74) is 1.18. The highest BCUT2D eigenvalue weighted by molar-refractivity contribution is 5.38. The van der Waals surface area contributed by atoms with Crippen molar-refractivity contribution in [3.63, 3.8) is 0 Å². The van der Waals surface area contributed by atoms with Crippen LogP contribution in [-0.2, 0) is 6.54 Å². The van der Waals surface area contributed by atoms with Crippen LogP contribution < -0.4 is 5.32 Å². The lowest BCUT2D eigenvalue weighted by Crippen LogP contribution is -2.16. The molecule has 0 aromatic carbocycles. The average Bonchev–Trinajstić information content (AvgIpc) is 2.76. The lowest BCUT2D eigenvalue weighted by atomic mass is 9.89. The second-order valence-electron chi connectivity index (χ2n) is 4.88. The minimum atomic E-state index is 0.878. The van der Waals surface area contributed by atoms with Crippen molar-refractivity contribution in [1.29, 1.82) is 0 Å². The topological polar surface area (TPSA) is 29.9 Å². The van der Waals surface area contributed by atoms with Gasteiger partial charge in [0.05, 0.1) is 11.9 Å². The van der Waals surface area contributed by atoms with Crippen molar-refractivity contribution < 1.29 is 0 Å². The summed E-state index contributed by atoms with van der Waals surface area (Å²) >= 11 is 0. The van der Waals surface area contributed by atoms with Gasteiger partial charge in [-0.05, 0) is 25.2 Å². The summed E-state index contributed by atoms with van der Waals surface area (Å²) in [5.74, 6) is 0.878. The first-order chi connectivity index (χ1) is 7.88. The van der Waals surface area contributed by atoms with E-state index < -0.39 is 0 Å². The zero-order valence-corrected chi connectivity index (χ0v) is 10.3. The van der Waals surface area contributed by atoms with Crippen molar-refractivity contribution in [3.05, 3.63) is 12.4 Å². The second-order valence-corrected chi connectivity index (χ2v) is 4.88. The number of aromatic nitrogens is 2. The second kappa shape index (κ2) is 5.92. The third-order valence-electron chi connectivity index (χ3n) is 3.41. The van der Waals surface area contributed by atoms with Gasteiger partial charge in [-0.3, -0.25) is 4.68 Å². The molecule has 3 nitrogen and oxygen atoms in total. The van der Waals surface area contributed by atoms with E-state index in [-0.39, 0.29) is 0 Å². The van der Waals surface area contributed by atoms with Crippen LogP contribution in [0, 0.1) is 5.92 Å². The van der Waals surface area contributed by atoms with Crippen molar-refractivity contribution >= 4 is 5.69 Å². The fraction of sp³-hybridized carbons (Fsp3) is 0.769. The fourth-order valence-corrected chi connectivity index (χ4v) is 2.46. The summed E-state index contributed by atoms with van der Waals surface area (Å²) in [5, 5.41) is 7.83. The number of rotatable bonds is 5. The van der Waals surface area contributed by atoms with Gasteiger partial charge in [0.2, 0.25) is 0 Å². The van der Waals surface area contributed by atoms with Gasteiger partial charge in [-0.15, -0.1) is 0 Å². The standard InChI is InChI=1S/C13H23N3/c1-2-8-16-11-13(10-15-16)14-9-12-6-4-3-5-7-12/h10-12,14H,2-9H2,1H3. The lowest BCUT2D eigenvalue weighted by Gasteiger charge is -2.21. The van der Waals surface area contributed by atoms with Gasteiger partial charge in [0.25, 0.3) is 0 Å². The fourth-order valence-electron chi connectivity index (χ4n) is 2.46. The molecule has 0 saturated heterocycles. The maximum absolute atomic E-state index is 4.32. The van der Waals surface area contributed by atoms with E-state index in [0.29, 0.717) is 0 Å². The van der Waals surface area contributed by atoms with Crippen LogP contribution in [0.15, 0.2) is 12.4 Å². The van der Waals surface area contributed by atoms with Crippen molar-refractivity contribution in [2.45, 2.75) is 52.0 Å². The first-order valence-electron chi connectivity index (χ1n) is 6.65. The van der Waals surface area contributed by atoms with Crippen LogP contribution in [0.2, 0.25) is 0 Å². The van der Waals surface area contributed by atoms with Gasteiger partial charge in [-0.2, -0.15) is 5.10 Å². The van der Waals surface area contributed by atoms with Crippen molar-refractivity contribution in [2.75, 3.05) is 11.9 Å². The summed E-state index contributed by atoms with van der Waals surface area (Å²) < 4.78 is 2.02. The van der Waals surface area contributed by atoms with Gasteiger partial charge in [-0.1, -0.05) is 26.2 Å². The number of nitrogens with one attached hydrogen (secondary N) is 1. The van der Waals surface area contributed by atoms with E-state index in [1.807, 2.05) is 10.9 Å². The van der Waals surface area contributed by atoms with E-state index in [4.69, 9.17) is 0 Å². The van der Waals surface area contributed by atoms with Crippen molar-refractivity contribution in [2.24, 2.45) is 5.92 Å². The Balaban J connectivity index is 1.75. The molecule has 3 heteroatoms. The van der Waals surface area contributed by atoms with Crippen molar-refractivity contribution in [3.8, 4) is 0 Å².